The summed E-state index contributed by atoms with van der Waals surface area (Å²) in [7, 11) is 1.55. The molecule has 0 bridgehead atoms. The first-order valence-corrected chi connectivity index (χ1v) is 8.47. The van der Waals surface area contributed by atoms with Crippen molar-refractivity contribution in [1.82, 2.24) is 5.32 Å². The fourth-order valence-electron chi connectivity index (χ4n) is 3.26. The van der Waals surface area contributed by atoms with Gasteiger partial charge < -0.3 is 15.8 Å². The zero-order valence-electron chi connectivity index (χ0n) is 14.0. The molecule has 0 radical (unpaired) electrons. The van der Waals surface area contributed by atoms with E-state index in [-0.39, 0.29) is 12.4 Å². The highest BCUT2D eigenvalue weighted by molar-refractivity contribution is 6.35. The maximum atomic E-state index is 11.8. The number of rotatable bonds is 4. The molecule has 0 spiro atoms. The van der Waals surface area contributed by atoms with Gasteiger partial charge in [0.2, 0.25) is 5.91 Å². The quantitative estimate of drug-likeness (QED) is 0.841. The van der Waals surface area contributed by atoms with Crippen LogP contribution in [0.4, 0.5) is 0 Å². The normalized spacial score (nSPS) is 16.8. The van der Waals surface area contributed by atoms with Gasteiger partial charge in [-0.25, -0.2) is 0 Å². The molecule has 25 heavy (non-hydrogen) atoms. The molecule has 0 aliphatic carbocycles. The molecule has 1 saturated heterocycles. The summed E-state index contributed by atoms with van der Waals surface area (Å²) in [4.78, 5) is 11.8. The van der Waals surface area contributed by atoms with Gasteiger partial charge in [0.05, 0.1) is 12.1 Å². The SMILES string of the molecule is COc1ccc(C(N)=O)c(-c2ccc([C@H]3CCCNC3)cc2)c1Cl.Cl. The second-order valence-electron chi connectivity index (χ2n) is 6.03. The summed E-state index contributed by atoms with van der Waals surface area (Å²) < 4.78 is 5.27. The summed E-state index contributed by atoms with van der Waals surface area (Å²) in [6.45, 7) is 2.10. The molecule has 1 fully saturated rings. The van der Waals surface area contributed by atoms with Crippen molar-refractivity contribution in [3.63, 3.8) is 0 Å². The highest BCUT2D eigenvalue weighted by Gasteiger charge is 2.19. The number of ether oxygens (including phenoxy) is 1. The van der Waals surface area contributed by atoms with Crippen molar-refractivity contribution in [2.24, 2.45) is 5.73 Å². The molecule has 0 saturated carbocycles. The Bertz CT molecular complexity index is 742. The van der Waals surface area contributed by atoms with E-state index in [2.05, 4.69) is 17.4 Å². The van der Waals surface area contributed by atoms with Crippen LogP contribution in [0.5, 0.6) is 5.75 Å². The van der Waals surface area contributed by atoms with Crippen molar-refractivity contribution >= 4 is 29.9 Å². The van der Waals surface area contributed by atoms with Crippen LogP contribution in [0.15, 0.2) is 36.4 Å². The molecule has 3 rings (SSSR count). The van der Waals surface area contributed by atoms with E-state index in [1.54, 1.807) is 19.2 Å². The summed E-state index contributed by atoms with van der Waals surface area (Å²) >= 11 is 6.44. The number of nitrogens with one attached hydrogen (secondary N) is 1. The minimum atomic E-state index is -0.505. The van der Waals surface area contributed by atoms with Crippen molar-refractivity contribution in [2.45, 2.75) is 18.8 Å². The summed E-state index contributed by atoms with van der Waals surface area (Å²) in [5.74, 6) is 0.552. The maximum Gasteiger partial charge on any atom is 0.249 e. The maximum absolute atomic E-state index is 11.8. The standard InChI is InChI=1S/C19H21ClN2O2.ClH/c1-24-16-9-8-15(19(21)23)17(18(16)20)13-6-4-12(5-7-13)14-3-2-10-22-11-14;/h4-9,14,22H,2-3,10-11H2,1H3,(H2,21,23);1H/t14-;/m0./s1. The van der Waals surface area contributed by atoms with E-state index in [9.17, 15) is 4.79 Å². The molecular weight excluding hydrogens is 359 g/mol. The van der Waals surface area contributed by atoms with Crippen LogP contribution in [0, 0.1) is 0 Å². The van der Waals surface area contributed by atoms with Crippen LogP contribution in [0.3, 0.4) is 0 Å². The second kappa shape index (κ2) is 8.56. The van der Waals surface area contributed by atoms with Gasteiger partial charge in [-0.15, -0.1) is 12.4 Å². The first kappa shape index (κ1) is 19.6. The molecule has 1 amide bonds. The van der Waals surface area contributed by atoms with Gasteiger partial charge in [0, 0.05) is 17.7 Å². The smallest absolute Gasteiger partial charge is 0.249 e. The minimum absolute atomic E-state index is 0. The molecule has 0 unspecified atom stereocenters. The number of amides is 1. The third-order valence-electron chi connectivity index (χ3n) is 4.56. The van der Waals surface area contributed by atoms with Crippen LogP contribution in [0.25, 0.3) is 11.1 Å². The number of primary amides is 1. The van der Waals surface area contributed by atoms with Crippen molar-refractivity contribution in [1.29, 1.82) is 0 Å². The van der Waals surface area contributed by atoms with Gasteiger partial charge in [0.1, 0.15) is 5.75 Å². The Morgan fingerprint density at radius 3 is 2.52 bits per heavy atom. The number of halogens is 2. The average Bonchev–Trinajstić information content (AvgIpc) is 2.62. The van der Waals surface area contributed by atoms with Gasteiger partial charge in [0.25, 0.3) is 0 Å². The monoisotopic (exact) mass is 380 g/mol. The summed E-state index contributed by atoms with van der Waals surface area (Å²) in [6, 6.07) is 11.5. The first-order valence-electron chi connectivity index (χ1n) is 8.09. The molecule has 134 valence electrons. The van der Waals surface area contributed by atoms with E-state index in [1.807, 2.05) is 12.1 Å². The lowest BCUT2D eigenvalue weighted by Gasteiger charge is -2.23. The molecule has 2 aromatic rings. The fourth-order valence-corrected chi connectivity index (χ4v) is 3.61. The van der Waals surface area contributed by atoms with Crippen LogP contribution in [0.1, 0.15) is 34.7 Å². The van der Waals surface area contributed by atoms with E-state index in [0.29, 0.717) is 27.8 Å². The van der Waals surface area contributed by atoms with Crippen LogP contribution in [-0.2, 0) is 0 Å². The first-order chi connectivity index (χ1) is 11.6. The van der Waals surface area contributed by atoms with Crippen LogP contribution in [0.2, 0.25) is 5.02 Å². The van der Waals surface area contributed by atoms with Crippen molar-refractivity contribution < 1.29 is 9.53 Å². The number of carbonyl (C=O) groups is 1. The molecule has 1 heterocycles. The lowest BCUT2D eigenvalue weighted by Crippen LogP contribution is -2.28. The van der Waals surface area contributed by atoms with Crippen LogP contribution in [-0.4, -0.2) is 26.1 Å². The second-order valence-corrected chi connectivity index (χ2v) is 6.41. The van der Waals surface area contributed by atoms with Gasteiger partial charge in [0.15, 0.2) is 0 Å². The minimum Gasteiger partial charge on any atom is -0.495 e. The molecule has 0 aromatic heterocycles. The number of hydrogen-bond donors (Lipinski definition) is 2. The lowest BCUT2D eigenvalue weighted by atomic mass is 9.90. The highest BCUT2D eigenvalue weighted by Crippen LogP contribution is 2.38. The number of methoxy groups -OCH3 is 1. The molecule has 2 aromatic carbocycles. The summed E-state index contributed by atoms with van der Waals surface area (Å²) in [5, 5.41) is 3.83. The number of piperidine rings is 1. The van der Waals surface area contributed by atoms with Gasteiger partial charge in [-0.1, -0.05) is 35.9 Å². The van der Waals surface area contributed by atoms with E-state index in [0.717, 1.165) is 18.7 Å². The van der Waals surface area contributed by atoms with Crippen LogP contribution < -0.4 is 15.8 Å². The van der Waals surface area contributed by atoms with Crippen molar-refractivity contribution in [2.75, 3.05) is 20.2 Å². The predicted octanol–water partition coefficient (Wildman–Crippen LogP) is 4.00. The predicted molar refractivity (Wildman–Crippen MR) is 104 cm³/mol. The molecule has 1 aliphatic heterocycles. The lowest BCUT2D eigenvalue weighted by molar-refractivity contribution is 0.100. The van der Waals surface area contributed by atoms with Gasteiger partial charge in [-0.2, -0.15) is 0 Å². The molecule has 3 N–H and O–H groups in total. The Morgan fingerprint density at radius 1 is 1.24 bits per heavy atom. The van der Waals surface area contributed by atoms with Gasteiger partial charge >= 0.3 is 0 Å². The van der Waals surface area contributed by atoms with E-state index < -0.39 is 5.91 Å². The number of benzene rings is 2. The van der Waals surface area contributed by atoms with Gasteiger partial charge in [-0.05, 0) is 48.6 Å². The molecule has 4 nitrogen and oxygen atoms in total. The van der Waals surface area contributed by atoms with Crippen molar-refractivity contribution in [3.8, 4) is 16.9 Å². The molecule has 1 atom stereocenters. The summed E-state index contributed by atoms with van der Waals surface area (Å²) in [6.07, 6.45) is 2.39. The molecule has 6 heteroatoms. The zero-order valence-corrected chi connectivity index (χ0v) is 15.6. The van der Waals surface area contributed by atoms with E-state index in [1.165, 1.54) is 18.4 Å². The number of hydrogen-bond acceptors (Lipinski definition) is 3. The number of nitrogens with two attached hydrogens (primary N) is 1. The van der Waals surface area contributed by atoms with E-state index in [4.69, 9.17) is 22.1 Å². The Balaban J connectivity index is 0.00000225. The number of carbonyl (C=O) groups excluding carboxylic acids is 1. The Morgan fingerprint density at radius 2 is 1.96 bits per heavy atom. The summed E-state index contributed by atoms with van der Waals surface area (Å²) in [5.41, 5.74) is 8.69. The van der Waals surface area contributed by atoms with Gasteiger partial charge in [-0.3, -0.25) is 4.79 Å². The third-order valence-corrected chi connectivity index (χ3v) is 4.93. The largest absolute Gasteiger partial charge is 0.495 e. The van der Waals surface area contributed by atoms with E-state index >= 15 is 0 Å². The third kappa shape index (κ3) is 4.09. The fraction of sp³-hybridized carbons (Fsp3) is 0.316. The zero-order chi connectivity index (χ0) is 17.1. The van der Waals surface area contributed by atoms with Crippen LogP contribution >= 0.6 is 24.0 Å². The highest BCUT2D eigenvalue weighted by atomic mass is 35.5. The molecule has 1 aliphatic rings. The Kier molecular flexibility index (Phi) is 6.71. The average molecular weight is 381 g/mol. The Labute approximate surface area is 159 Å². The topological polar surface area (TPSA) is 64.3 Å². The molecular formula is C19H22Cl2N2O2. The van der Waals surface area contributed by atoms with Crippen molar-refractivity contribution in [3.05, 3.63) is 52.5 Å². The Hall–Kier alpha value is -1.75.